The number of hydrogen-bond acceptors (Lipinski definition) is 5. The van der Waals surface area contributed by atoms with Crippen LogP contribution in [-0.2, 0) is 14.4 Å². The number of amides is 1. The molecule has 0 aromatic rings. The fourth-order valence-corrected chi connectivity index (χ4v) is 7.79. The van der Waals surface area contributed by atoms with E-state index in [0.717, 1.165) is 19.3 Å². The van der Waals surface area contributed by atoms with Crippen LogP contribution in [0.5, 0.6) is 0 Å². The first-order chi connectivity index (χ1) is 16.2. The zero-order valence-corrected chi connectivity index (χ0v) is 22.9. The molecule has 1 amide bonds. The molecule has 1 heterocycles. The van der Waals surface area contributed by atoms with Gasteiger partial charge in [-0.25, -0.2) is 0 Å². The maximum atomic E-state index is 13.9. The number of nitrogens with two attached hydrogens (primary N) is 1. The van der Waals surface area contributed by atoms with Crippen molar-refractivity contribution in [1.82, 2.24) is 4.90 Å². The van der Waals surface area contributed by atoms with E-state index in [-0.39, 0.29) is 46.1 Å². The number of fused-ring (bicyclic) bond motifs is 1. The highest BCUT2D eigenvalue weighted by molar-refractivity contribution is 5.93. The lowest BCUT2D eigenvalue weighted by Crippen LogP contribution is -2.53. The number of nitrogens with zero attached hydrogens (tertiary/aromatic N) is 1. The van der Waals surface area contributed by atoms with Gasteiger partial charge in [-0.2, -0.15) is 0 Å². The van der Waals surface area contributed by atoms with Crippen LogP contribution in [0.4, 0.5) is 0 Å². The Hall–Kier alpha value is -1.27. The summed E-state index contributed by atoms with van der Waals surface area (Å²) >= 11 is 0. The van der Waals surface area contributed by atoms with Crippen LogP contribution in [0.2, 0.25) is 0 Å². The number of Topliss-reactive ketones (excluding diaryl/α,β-unsaturated/α-hetero) is 2. The first kappa shape index (κ1) is 26.8. The average molecular weight is 489 g/mol. The molecule has 5 atom stereocenters. The van der Waals surface area contributed by atoms with Crippen molar-refractivity contribution in [3.8, 4) is 0 Å². The minimum Gasteiger partial charge on any atom is -0.385 e. The van der Waals surface area contributed by atoms with E-state index in [1.807, 2.05) is 27.7 Å². The number of aliphatic hydroxyl groups excluding tert-OH is 1. The molecule has 1 saturated heterocycles. The van der Waals surface area contributed by atoms with Crippen molar-refractivity contribution in [3.05, 3.63) is 0 Å². The molecule has 4 fully saturated rings. The second kappa shape index (κ2) is 8.93. The van der Waals surface area contributed by atoms with Gasteiger partial charge in [-0.05, 0) is 66.6 Å². The Morgan fingerprint density at radius 3 is 2.20 bits per heavy atom. The first-order valence-corrected chi connectivity index (χ1v) is 14.0. The van der Waals surface area contributed by atoms with Gasteiger partial charge in [0.2, 0.25) is 5.91 Å². The highest BCUT2D eigenvalue weighted by Gasteiger charge is 2.85. The topological polar surface area (TPSA) is 101 Å². The van der Waals surface area contributed by atoms with E-state index >= 15 is 0 Å². The zero-order chi connectivity index (χ0) is 26.0. The minimum absolute atomic E-state index is 0.00905. The summed E-state index contributed by atoms with van der Waals surface area (Å²) in [5.41, 5.74) is 6.32. The van der Waals surface area contributed by atoms with E-state index in [1.54, 1.807) is 4.90 Å². The van der Waals surface area contributed by atoms with E-state index in [9.17, 15) is 19.5 Å². The predicted molar refractivity (Wildman–Crippen MR) is 136 cm³/mol. The summed E-state index contributed by atoms with van der Waals surface area (Å²) in [6.07, 6.45) is 7.26. The monoisotopic (exact) mass is 488 g/mol. The number of carbonyl (C=O) groups is 3. The summed E-state index contributed by atoms with van der Waals surface area (Å²) < 4.78 is 0. The Kier molecular flexibility index (Phi) is 6.84. The number of ketones is 2. The van der Waals surface area contributed by atoms with E-state index in [2.05, 4.69) is 13.8 Å². The van der Waals surface area contributed by atoms with Gasteiger partial charge in [-0.3, -0.25) is 14.4 Å². The molecule has 35 heavy (non-hydrogen) atoms. The van der Waals surface area contributed by atoms with Crippen LogP contribution in [-0.4, -0.2) is 52.2 Å². The van der Waals surface area contributed by atoms with Gasteiger partial charge in [-0.15, -0.1) is 0 Å². The van der Waals surface area contributed by atoms with Crippen LogP contribution in [0.1, 0.15) is 106 Å². The van der Waals surface area contributed by atoms with E-state index in [0.29, 0.717) is 31.7 Å². The Labute approximate surface area is 211 Å². The van der Waals surface area contributed by atoms with Crippen molar-refractivity contribution >= 4 is 17.5 Å². The SMILES string of the molecule is CCC[C@H](CC(=O)[C@@H]1C[C@@]2(CN1C(=O)[C@@H](N)C(C)(C)C)C(C)(C)C21CCC1)C(O)C(=O)CC1CC1. The van der Waals surface area contributed by atoms with Gasteiger partial charge >= 0.3 is 0 Å². The van der Waals surface area contributed by atoms with Gasteiger partial charge in [0, 0.05) is 24.8 Å². The number of hydrogen-bond donors (Lipinski definition) is 2. The van der Waals surface area contributed by atoms with Crippen LogP contribution in [0.25, 0.3) is 0 Å². The van der Waals surface area contributed by atoms with Crippen molar-refractivity contribution in [2.75, 3.05) is 6.54 Å². The first-order valence-electron chi connectivity index (χ1n) is 14.0. The summed E-state index contributed by atoms with van der Waals surface area (Å²) in [5.74, 6) is -0.241. The van der Waals surface area contributed by atoms with E-state index < -0.39 is 23.6 Å². The molecule has 3 aliphatic carbocycles. The molecular weight excluding hydrogens is 440 g/mol. The maximum absolute atomic E-state index is 13.9. The molecular formula is C29H48N2O4. The van der Waals surface area contributed by atoms with Crippen molar-refractivity contribution in [3.63, 3.8) is 0 Å². The summed E-state index contributed by atoms with van der Waals surface area (Å²) in [6.45, 7) is 13.1. The van der Waals surface area contributed by atoms with Crippen LogP contribution in [0, 0.1) is 33.5 Å². The molecule has 1 aliphatic heterocycles. The molecule has 2 spiro atoms. The van der Waals surface area contributed by atoms with Crippen LogP contribution in [0.15, 0.2) is 0 Å². The summed E-state index contributed by atoms with van der Waals surface area (Å²) in [7, 11) is 0. The van der Waals surface area contributed by atoms with Gasteiger partial charge in [-0.1, -0.05) is 54.4 Å². The highest BCUT2D eigenvalue weighted by atomic mass is 16.3. The normalized spacial score (nSPS) is 31.2. The molecule has 0 aromatic carbocycles. The third kappa shape index (κ3) is 4.21. The van der Waals surface area contributed by atoms with Crippen LogP contribution < -0.4 is 5.73 Å². The predicted octanol–water partition coefficient (Wildman–Crippen LogP) is 4.26. The smallest absolute Gasteiger partial charge is 0.240 e. The minimum atomic E-state index is -1.09. The lowest BCUT2D eigenvalue weighted by Gasteiger charge is -2.34. The molecule has 6 heteroatoms. The van der Waals surface area contributed by atoms with Gasteiger partial charge in [0.25, 0.3) is 0 Å². The lowest BCUT2D eigenvalue weighted by atomic mass is 9.73. The van der Waals surface area contributed by atoms with E-state index in [1.165, 1.54) is 19.3 Å². The molecule has 0 radical (unpaired) electrons. The lowest BCUT2D eigenvalue weighted by molar-refractivity contribution is -0.141. The summed E-state index contributed by atoms with van der Waals surface area (Å²) in [5, 5.41) is 10.9. The average Bonchev–Trinajstić information content (AvgIpc) is 3.56. The number of rotatable bonds is 10. The highest BCUT2D eigenvalue weighted by Crippen LogP contribution is 2.88. The summed E-state index contributed by atoms with van der Waals surface area (Å²) in [4.78, 5) is 42.0. The molecule has 3 N–H and O–H groups in total. The van der Waals surface area contributed by atoms with Gasteiger partial charge in [0.05, 0.1) is 12.1 Å². The fourth-order valence-electron chi connectivity index (χ4n) is 7.79. The Balaban J connectivity index is 1.56. The molecule has 4 rings (SSSR count). The van der Waals surface area contributed by atoms with Gasteiger partial charge in [0.1, 0.15) is 6.10 Å². The Bertz CT molecular complexity index is 866. The molecule has 0 bridgehead atoms. The molecule has 6 nitrogen and oxygen atoms in total. The Morgan fingerprint density at radius 2 is 1.74 bits per heavy atom. The third-order valence-electron chi connectivity index (χ3n) is 10.8. The maximum Gasteiger partial charge on any atom is 0.240 e. The molecule has 1 unspecified atom stereocenters. The van der Waals surface area contributed by atoms with E-state index in [4.69, 9.17) is 5.73 Å². The van der Waals surface area contributed by atoms with Crippen molar-refractivity contribution in [2.45, 2.75) is 124 Å². The number of aliphatic hydroxyl groups is 1. The largest absolute Gasteiger partial charge is 0.385 e. The van der Waals surface area contributed by atoms with Crippen LogP contribution in [0.3, 0.4) is 0 Å². The third-order valence-corrected chi connectivity index (χ3v) is 10.8. The molecule has 198 valence electrons. The Morgan fingerprint density at radius 1 is 1.11 bits per heavy atom. The fraction of sp³-hybridized carbons (Fsp3) is 0.897. The molecule has 4 aliphatic rings. The number of carbonyl (C=O) groups excluding carboxylic acids is 3. The molecule has 0 aromatic heterocycles. The second-order valence-corrected chi connectivity index (χ2v) is 14.0. The standard InChI is InChI=1S/C29H48N2O4/c1-7-9-19(23(34)22(33)14-18-10-11-18)15-21(32)20-16-29(27(5,6)28(29)12-8-13-28)17-31(20)25(35)24(30)26(2,3)4/h18-20,23-24,34H,7-17,30H2,1-6H3/t19-,20+,23?,24-,29-/m1/s1. The van der Waals surface area contributed by atoms with Gasteiger partial charge in [0.15, 0.2) is 11.6 Å². The zero-order valence-electron chi connectivity index (χ0n) is 22.9. The number of likely N-dealkylation sites (tertiary alicyclic amines) is 1. The van der Waals surface area contributed by atoms with Crippen LogP contribution >= 0.6 is 0 Å². The summed E-state index contributed by atoms with van der Waals surface area (Å²) in [6, 6.07) is -1.19. The quantitative estimate of drug-likeness (QED) is 0.478. The molecule has 3 saturated carbocycles. The van der Waals surface area contributed by atoms with Gasteiger partial charge < -0.3 is 15.7 Å². The van der Waals surface area contributed by atoms with Crippen molar-refractivity contribution in [1.29, 1.82) is 0 Å². The van der Waals surface area contributed by atoms with Crippen molar-refractivity contribution < 1.29 is 19.5 Å². The second-order valence-electron chi connectivity index (χ2n) is 14.0. The van der Waals surface area contributed by atoms with Crippen molar-refractivity contribution in [2.24, 2.45) is 39.2 Å².